The van der Waals surface area contributed by atoms with Crippen molar-refractivity contribution >= 4 is 35.5 Å². The third-order valence-corrected chi connectivity index (χ3v) is 4.89. The molecule has 0 aliphatic heterocycles. The molecule has 2 aromatic carbocycles. The lowest BCUT2D eigenvalue weighted by Crippen LogP contribution is -2.20. The van der Waals surface area contributed by atoms with Gasteiger partial charge in [-0.1, -0.05) is 65.8 Å². The van der Waals surface area contributed by atoms with Crippen molar-refractivity contribution in [1.29, 1.82) is 0 Å². The van der Waals surface area contributed by atoms with Gasteiger partial charge in [0.2, 0.25) is 0 Å². The molecule has 27 heavy (non-hydrogen) atoms. The molecule has 0 radical (unpaired) electrons. The van der Waals surface area contributed by atoms with E-state index in [0.29, 0.717) is 10.2 Å². The second kappa shape index (κ2) is 9.34. The Morgan fingerprint density at radius 1 is 1.19 bits per heavy atom. The molecular weight excluding hydrogens is 382 g/mol. The number of amides is 1. The highest BCUT2D eigenvalue weighted by Gasteiger charge is 2.14. The summed E-state index contributed by atoms with van der Waals surface area (Å²) >= 11 is 7.16. The molecule has 0 aliphatic rings. The van der Waals surface area contributed by atoms with E-state index in [-0.39, 0.29) is 11.7 Å². The van der Waals surface area contributed by atoms with E-state index >= 15 is 0 Å². The van der Waals surface area contributed by atoms with Crippen LogP contribution in [0.3, 0.4) is 0 Å². The molecule has 6 nitrogen and oxygen atoms in total. The zero-order valence-electron chi connectivity index (χ0n) is 14.7. The molecule has 0 saturated carbocycles. The number of thioether (sulfide) groups is 1. The van der Waals surface area contributed by atoms with E-state index in [9.17, 15) is 4.79 Å². The van der Waals surface area contributed by atoms with Gasteiger partial charge in [-0.25, -0.2) is 5.43 Å². The van der Waals surface area contributed by atoms with Crippen molar-refractivity contribution in [2.24, 2.45) is 5.10 Å². The minimum absolute atomic E-state index is 0.199. The molecule has 1 amide bonds. The van der Waals surface area contributed by atoms with Gasteiger partial charge >= 0.3 is 0 Å². The minimum Gasteiger partial charge on any atom is -0.302 e. The normalized spacial score (nSPS) is 11.0. The number of carbonyl (C=O) groups excluding carboxylic acids is 1. The van der Waals surface area contributed by atoms with E-state index in [4.69, 9.17) is 11.6 Å². The molecule has 1 aromatic heterocycles. The number of rotatable bonds is 7. The largest absolute Gasteiger partial charge is 0.302 e. The Labute approximate surface area is 166 Å². The zero-order chi connectivity index (χ0) is 19.1. The van der Waals surface area contributed by atoms with Crippen molar-refractivity contribution < 1.29 is 4.79 Å². The quantitative estimate of drug-likeness (QED) is 0.372. The van der Waals surface area contributed by atoms with Crippen molar-refractivity contribution in [2.75, 3.05) is 5.75 Å². The lowest BCUT2D eigenvalue weighted by atomic mass is 10.2. The zero-order valence-corrected chi connectivity index (χ0v) is 16.2. The molecule has 1 heterocycles. The lowest BCUT2D eigenvalue weighted by Gasteiger charge is -2.06. The number of benzene rings is 2. The van der Waals surface area contributed by atoms with Gasteiger partial charge in [-0.05, 0) is 24.6 Å². The van der Waals surface area contributed by atoms with Gasteiger partial charge in [0.25, 0.3) is 5.91 Å². The Bertz CT molecular complexity index is 925. The molecule has 0 fully saturated rings. The molecule has 0 saturated heterocycles. The number of nitrogens with zero attached hydrogens (tertiary/aromatic N) is 4. The van der Waals surface area contributed by atoms with Crippen LogP contribution < -0.4 is 5.43 Å². The SMILES string of the molecule is CCn1c(SCC(=O)N/N=C/c2ccc(Cl)cc2)nnc1-c1ccccc1. The standard InChI is InChI=1S/C19H18ClN5OS/c1-2-25-18(15-6-4-3-5-7-15)23-24-19(25)27-13-17(26)22-21-12-14-8-10-16(20)11-9-14/h3-12H,2,13H2,1H3,(H,22,26)/b21-12+. The number of nitrogens with one attached hydrogen (secondary N) is 1. The summed E-state index contributed by atoms with van der Waals surface area (Å²) in [6.45, 7) is 2.74. The van der Waals surface area contributed by atoms with E-state index in [1.807, 2.05) is 54.0 Å². The first kappa shape index (κ1) is 19.1. The maximum atomic E-state index is 12.0. The highest BCUT2D eigenvalue weighted by molar-refractivity contribution is 7.99. The second-order valence-corrected chi connectivity index (χ2v) is 6.93. The van der Waals surface area contributed by atoms with Crippen molar-refractivity contribution in [2.45, 2.75) is 18.6 Å². The average molecular weight is 400 g/mol. The smallest absolute Gasteiger partial charge is 0.250 e. The Morgan fingerprint density at radius 3 is 2.63 bits per heavy atom. The fraction of sp³-hybridized carbons (Fsp3) is 0.158. The first-order valence-corrected chi connectivity index (χ1v) is 9.72. The molecule has 0 spiro atoms. The van der Waals surface area contributed by atoms with Gasteiger partial charge < -0.3 is 4.57 Å². The van der Waals surface area contributed by atoms with Crippen LogP contribution in [0.25, 0.3) is 11.4 Å². The maximum Gasteiger partial charge on any atom is 0.250 e. The summed E-state index contributed by atoms with van der Waals surface area (Å²) in [4.78, 5) is 12.0. The van der Waals surface area contributed by atoms with Crippen molar-refractivity contribution in [3.8, 4) is 11.4 Å². The number of hydrogen-bond donors (Lipinski definition) is 1. The predicted octanol–water partition coefficient (Wildman–Crippen LogP) is 3.86. The summed E-state index contributed by atoms with van der Waals surface area (Å²) < 4.78 is 1.99. The fourth-order valence-corrected chi connectivity index (χ4v) is 3.29. The molecule has 138 valence electrons. The summed E-state index contributed by atoms with van der Waals surface area (Å²) in [6.07, 6.45) is 1.57. The first-order chi connectivity index (χ1) is 13.2. The molecular formula is C19H18ClN5OS. The molecule has 3 aromatic rings. The van der Waals surface area contributed by atoms with Gasteiger partial charge in [0, 0.05) is 17.1 Å². The first-order valence-electron chi connectivity index (χ1n) is 8.36. The van der Waals surface area contributed by atoms with E-state index in [2.05, 4.69) is 20.7 Å². The van der Waals surface area contributed by atoms with Crippen molar-refractivity contribution in [1.82, 2.24) is 20.2 Å². The molecule has 0 unspecified atom stereocenters. The number of aromatic nitrogens is 3. The highest BCUT2D eigenvalue weighted by Crippen LogP contribution is 2.23. The number of hydrazone groups is 1. The van der Waals surface area contributed by atoms with Gasteiger partial charge in [0.15, 0.2) is 11.0 Å². The van der Waals surface area contributed by atoms with E-state index < -0.39 is 0 Å². The molecule has 1 N–H and O–H groups in total. The van der Waals surface area contributed by atoms with Crippen LogP contribution in [0.15, 0.2) is 64.9 Å². The second-order valence-electron chi connectivity index (χ2n) is 5.55. The van der Waals surface area contributed by atoms with Crippen LogP contribution in [0.1, 0.15) is 12.5 Å². The van der Waals surface area contributed by atoms with Gasteiger partial charge in [0.1, 0.15) is 0 Å². The molecule has 0 bridgehead atoms. The summed E-state index contributed by atoms with van der Waals surface area (Å²) in [5.74, 6) is 0.782. The number of hydrogen-bond acceptors (Lipinski definition) is 5. The number of halogens is 1. The third kappa shape index (κ3) is 5.18. The lowest BCUT2D eigenvalue weighted by molar-refractivity contribution is -0.118. The van der Waals surface area contributed by atoms with E-state index in [1.165, 1.54) is 11.8 Å². The molecule has 3 rings (SSSR count). The molecule has 8 heteroatoms. The van der Waals surface area contributed by atoms with Crippen molar-refractivity contribution in [3.05, 3.63) is 65.2 Å². The summed E-state index contributed by atoms with van der Waals surface area (Å²) in [7, 11) is 0. The topological polar surface area (TPSA) is 72.2 Å². The Morgan fingerprint density at radius 2 is 1.93 bits per heavy atom. The molecule has 0 atom stereocenters. The van der Waals surface area contributed by atoms with E-state index in [1.54, 1.807) is 18.3 Å². The minimum atomic E-state index is -0.211. The van der Waals surface area contributed by atoms with Crippen LogP contribution in [0.5, 0.6) is 0 Å². The summed E-state index contributed by atoms with van der Waals surface area (Å²) in [5.41, 5.74) is 4.36. The van der Waals surface area contributed by atoms with Crippen LogP contribution in [0.2, 0.25) is 5.02 Å². The van der Waals surface area contributed by atoms with Gasteiger partial charge in [-0.15, -0.1) is 10.2 Å². The molecule has 0 aliphatic carbocycles. The summed E-state index contributed by atoms with van der Waals surface area (Å²) in [5, 5.41) is 13.8. The number of carbonyl (C=O) groups is 1. The predicted molar refractivity (Wildman–Crippen MR) is 109 cm³/mol. The van der Waals surface area contributed by atoms with E-state index in [0.717, 1.165) is 23.5 Å². The van der Waals surface area contributed by atoms with Crippen LogP contribution in [-0.4, -0.2) is 32.6 Å². The average Bonchev–Trinajstić information content (AvgIpc) is 3.11. The highest BCUT2D eigenvalue weighted by atomic mass is 35.5. The van der Waals surface area contributed by atoms with Crippen LogP contribution in [0.4, 0.5) is 0 Å². The maximum absolute atomic E-state index is 12.0. The third-order valence-electron chi connectivity index (χ3n) is 3.67. The van der Waals surface area contributed by atoms with Gasteiger partial charge in [0.05, 0.1) is 12.0 Å². The fourth-order valence-electron chi connectivity index (χ4n) is 2.37. The van der Waals surface area contributed by atoms with Gasteiger partial charge in [-0.2, -0.15) is 5.10 Å². The monoisotopic (exact) mass is 399 g/mol. The van der Waals surface area contributed by atoms with Crippen molar-refractivity contribution in [3.63, 3.8) is 0 Å². The van der Waals surface area contributed by atoms with Crippen LogP contribution >= 0.6 is 23.4 Å². The Kier molecular flexibility index (Phi) is 6.62. The Balaban J connectivity index is 1.57. The van der Waals surface area contributed by atoms with Gasteiger partial charge in [-0.3, -0.25) is 4.79 Å². The van der Waals surface area contributed by atoms with Crippen LogP contribution in [-0.2, 0) is 11.3 Å². The van der Waals surface area contributed by atoms with Crippen LogP contribution in [0, 0.1) is 0 Å². The summed E-state index contributed by atoms with van der Waals surface area (Å²) in [6, 6.07) is 17.0. The Hall–Kier alpha value is -2.64.